The van der Waals surface area contributed by atoms with Gasteiger partial charge in [-0.3, -0.25) is 0 Å². The van der Waals surface area contributed by atoms with E-state index < -0.39 is 0 Å². The van der Waals surface area contributed by atoms with Gasteiger partial charge in [-0.25, -0.2) is 0 Å². The van der Waals surface area contributed by atoms with Crippen molar-refractivity contribution >= 4 is 44.6 Å². The predicted molar refractivity (Wildman–Crippen MR) is 228 cm³/mol. The van der Waals surface area contributed by atoms with E-state index in [9.17, 15) is 0 Å². The van der Waals surface area contributed by atoms with Crippen LogP contribution in [0, 0.1) is 23.7 Å². The van der Waals surface area contributed by atoms with E-state index in [4.69, 9.17) is 4.42 Å². The lowest BCUT2D eigenvalue weighted by molar-refractivity contribution is -0.0109. The zero-order valence-electron chi connectivity index (χ0n) is 31.3. The molecule has 0 N–H and O–H groups in total. The molecule has 268 valence electrons. The normalized spacial score (nSPS) is 24.8. The Labute approximate surface area is 323 Å². The molecule has 0 amide bonds. The van der Waals surface area contributed by atoms with Gasteiger partial charge in [0, 0.05) is 33.2 Å². The second kappa shape index (κ2) is 12.2. The Hall–Kier alpha value is -5.60. The Morgan fingerprint density at radius 3 is 2.20 bits per heavy atom. The molecule has 1 aromatic heterocycles. The topological polar surface area (TPSA) is 16.4 Å². The van der Waals surface area contributed by atoms with E-state index in [-0.39, 0.29) is 5.41 Å². The third kappa shape index (κ3) is 4.80. The van der Waals surface area contributed by atoms with Gasteiger partial charge in [-0.1, -0.05) is 110 Å². The Bertz CT molecular complexity index is 2680. The first kappa shape index (κ1) is 31.7. The maximum absolute atomic E-state index is 6.17. The molecular formula is C53H45NO. The predicted octanol–water partition coefficient (Wildman–Crippen LogP) is 14.6. The van der Waals surface area contributed by atoms with E-state index in [2.05, 4.69) is 144 Å². The summed E-state index contributed by atoms with van der Waals surface area (Å²) < 4.78 is 6.17. The zero-order chi connectivity index (χ0) is 36.1. The van der Waals surface area contributed by atoms with Crippen molar-refractivity contribution in [1.29, 1.82) is 0 Å². The SMILES string of the molecule is C1=CC2=C(CC1)c1c(-c3ccc(-c4ccc(N(c5ccccc5)c5ccc6oc7ccccc7c6c5)cc4)cc3)cccc1C21CC2CCC3CC2CC1C3. The van der Waals surface area contributed by atoms with Gasteiger partial charge < -0.3 is 9.32 Å². The Balaban J connectivity index is 0.889. The largest absolute Gasteiger partial charge is 0.456 e. The number of anilines is 3. The molecule has 2 nitrogen and oxygen atoms in total. The minimum Gasteiger partial charge on any atom is -0.456 e. The monoisotopic (exact) mass is 711 g/mol. The molecule has 0 radical (unpaired) electrons. The number of benzene rings is 6. The van der Waals surface area contributed by atoms with Crippen molar-refractivity contribution in [3.8, 4) is 22.3 Å². The van der Waals surface area contributed by atoms with Gasteiger partial charge in [0.1, 0.15) is 11.2 Å². The first-order valence-electron chi connectivity index (χ1n) is 20.7. The van der Waals surface area contributed by atoms with E-state index in [0.29, 0.717) is 0 Å². The van der Waals surface area contributed by atoms with Gasteiger partial charge in [-0.2, -0.15) is 0 Å². The summed E-state index contributed by atoms with van der Waals surface area (Å²) in [6.45, 7) is 0. The van der Waals surface area contributed by atoms with Crippen molar-refractivity contribution in [3.05, 3.63) is 168 Å². The molecule has 5 atom stereocenters. The van der Waals surface area contributed by atoms with E-state index in [1.165, 1.54) is 67.2 Å². The molecule has 3 fully saturated rings. The van der Waals surface area contributed by atoms with Gasteiger partial charge >= 0.3 is 0 Å². The van der Waals surface area contributed by atoms with Crippen molar-refractivity contribution in [2.45, 2.75) is 56.8 Å². The van der Waals surface area contributed by atoms with E-state index in [1.807, 2.05) is 12.1 Å². The van der Waals surface area contributed by atoms with Gasteiger partial charge in [0.15, 0.2) is 0 Å². The van der Waals surface area contributed by atoms with Gasteiger partial charge in [-0.15, -0.1) is 0 Å². The van der Waals surface area contributed by atoms with E-state index in [0.717, 1.165) is 69.1 Å². The molecule has 1 heterocycles. The third-order valence-corrected chi connectivity index (χ3v) is 14.5. The lowest BCUT2D eigenvalue weighted by atomic mass is 9.46. The summed E-state index contributed by atoms with van der Waals surface area (Å²) in [6.07, 6.45) is 16.1. The fraction of sp³-hybridized carbons (Fsp3) is 0.245. The maximum Gasteiger partial charge on any atom is 0.135 e. The van der Waals surface area contributed by atoms with Gasteiger partial charge in [0.2, 0.25) is 0 Å². The smallest absolute Gasteiger partial charge is 0.135 e. The van der Waals surface area contributed by atoms with Gasteiger partial charge in [-0.05, 0) is 162 Å². The second-order valence-corrected chi connectivity index (χ2v) is 17.2. The van der Waals surface area contributed by atoms with Gasteiger partial charge in [0.05, 0.1) is 0 Å². The first-order valence-corrected chi connectivity index (χ1v) is 20.7. The number of furan rings is 1. The first-order chi connectivity index (χ1) is 27.2. The number of allylic oxidation sites excluding steroid dienone is 4. The molecule has 6 aromatic carbocycles. The van der Waals surface area contributed by atoms with E-state index >= 15 is 0 Å². The van der Waals surface area contributed by atoms with Crippen molar-refractivity contribution in [2.24, 2.45) is 23.7 Å². The fourth-order valence-corrected chi connectivity index (χ4v) is 12.2. The summed E-state index contributed by atoms with van der Waals surface area (Å²) in [5.74, 6) is 3.63. The molecule has 1 spiro atoms. The molecule has 3 saturated carbocycles. The highest BCUT2D eigenvalue weighted by Gasteiger charge is 2.58. The van der Waals surface area contributed by atoms with Crippen LogP contribution in [-0.2, 0) is 5.41 Å². The summed E-state index contributed by atoms with van der Waals surface area (Å²) >= 11 is 0. The van der Waals surface area contributed by atoms with Crippen LogP contribution in [0.3, 0.4) is 0 Å². The summed E-state index contributed by atoms with van der Waals surface area (Å²) in [5, 5.41) is 2.27. The van der Waals surface area contributed by atoms with Crippen LogP contribution in [0.15, 0.2) is 162 Å². The minimum absolute atomic E-state index is 0.227. The highest BCUT2D eigenvalue weighted by atomic mass is 16.3. The molecule has 5 aliphatic rings. The van der Waals surface area contributed by atoms with Crippen molar-refractivity contribution in [3.63, 3.8) is 0 Å². The van der Waals surface area contributed by atoms with Gasteiger partial charge in [0.25, 0.3) is 0 Å². The van der Waals surface area contributed by atoms with Crippen LogP contribution in [0.4, 0.5) is 17.1 Å². The molecule has 7 aromatic rings. The number of rotatable bonds is 5. The van der Waals surface area contributed by atoms with E-state index in [1.54, 1.807) is 22.3 Å². The fourth-order valence-electron chi connectivity index (χ4n) is 12.2. The van der Waals surface area contributed by atoms with Crippen molar-refractivity contribution in [1.82, 2.24) is 0 Å². The molecule has 0 aliphatic heterocycles. The zero-order valence-corrected chi connectivity index (χ0v) is 31.3. The lowest BCUT2D eigenvalue weighted by Gasteiger charge is -2.57. The number of hydrogen-bond donors (Lipinski definition) is 0. The molecule has 12 rings (SSSR count). The lowest BCUT2D eigenvalue weighted by Crippen LogP contribution is -2.50. The van der Waals surface area contributed by atoms with Crippen LogP contribution in [0.1, 0.15) is 62.5 Å². The Morgan fingerprint density at radius 1 is 0.582 bits per heavy atom. The molecular weight excluding hydrogens is 667 g/mol. The highest BCUT2D eigenvalue weighted by molar-refractivity contribution is 6.06. The summed E-state index contributed by atoms with van der Waals surface area (Å²) in [6, 6.07) is 51.3. The Kier molecular flexibility index (Phi) is 7.04. The molecule has 3 bridgehead atoms. The van der Waals surface area contributed by atoms with Crippen LogP contribution >= 0.6 is 0 Å². The number of para-hydroxylation sites is 2. The van der Waals surface area contributed by atoms with Crippen LogP contribution in [0.5, 0.6) is 0 Å². The maximum atomic E-state index is 6.17. The van der Waals surface area contributed by atoms with Crippen LogP contribution in [-0.4, -0.2) is 0 Å². The average Bonchev–Trinajstić information content (AvgIpc) is 3.76. The summed E-state index contributed by atoms with van der Waals surface area (Å²) in [4.78, 5) is 2.34. The quantitative estimate of drug-likeness (QED) is 0.177. The number of nitrogens with zero attached hydrogens (tertiary/aromatic N) is 1. The number of hydrogen-bond acceptors (Lipinski definition) is 2. The molecule has 2 heteroatoms. The highest BCUT2D eigenvalue weighted by Crippen LogP contribution is 2.67. The van der Waals surface area contributed by atoms with Crippen LogP contribution in [0.2, 0.25) is 0 Å². The summed E-state index contributed by atoms with van der Waals surface area (Å²) in [5.41, 5.74) is 17.3. The van der Waals surface area contributed by atoms with Crippen LogP contribution < -0.4 is 4.90 Å². The standard InChI is InChI=1S/C53H45NO/c1-2-9-41(10-3-1)54(43-27-28-51-47(32-43)45-11-5-7-16-50(45)55-51)42-25-23-36(24-26-42)35-19-21-37(22-20-35)44-13-8-15-49-52(44)46-12-4-6-14-48(46)53(49)33-38-18-17-34-29-39(38)31-40(53)30-34/h1-3,5-11,13-16,19-28,32,34,38-40H,4,12,17-18,29-31,33H2. The van der Waals surface area contributed by atoms with Crippen molar-refractivity contribution in [2.75, 3.05) is 4.90 Å². The number of fused-ring (bicyclic) bond motifs is 10. The molecule has 5 unspecified atom stereocenters. The Morgan fingerprint density at radius 2 is 1.33 bits per heavy atom. The molecule has 0 saturated heterocycles. The second-order valence-electron chi connectivity index (χ2n) is 17.2. The molecule has 5 aliphatic carbocycles. The van der Waals surface area contributed by atoms with Crippen LogP contribution in [0.25, 0.3) is 49.8 Å². The third-order valence-electron chi connectivity index (χ3n) is 14.5. The average molecular weight is 712 g/mol. The summed E-state index contributed by atoms with van der Waals surface area (Å²) in [7, 11) is 0. The molecule has 55 heavy (non-hydrogen) atoms. The van der Waals surface area contributed by atoms with Crippen molar-refractivity contribution < 1.29 is 4.42 Å². The minimum atomic E-state index is 0.227.